The van der Waals surface area contributed by atoms with Gasteiger partial charge in [-0.3, -0.25) is 0 Å². The molecule has 0 saturated heterocycles. The monoisotopic (exact) mass is 321 g/mol. The summed E-state index contributed by atoms with van der Waals surface area (Å²) in [5.41, 5.74) is 0.811. The number of amides is 1. The van der Waals surface area contributed by atoms with Gasteiger partial charge in [0, 0.05) is 13.0 Å². The van der Waals surface area contributed by atoms with Crippen molar-refractivity contribution < 1.29 is 17.9 Å². The van der Waals surface area contributed by atoms with Gasteiger partial charge in [0.15, 0.2) is 9.84 Å². The predicted molar refractivity (Wildman–Crippen MR) is 84.2 cm³/mol. The fourth-order valence-corrected chi connectivity index (χ4v) is 2.86. The van der Waals surface area contributed by atoms with Crippen LogP contribution in [-0.4, -0.2) is 26.4 Å². The molecular formula is C16H19NO4S. The molecule has 5 nitrogen and oxygen atoms in total. The van der Waals surface area contributed by atoms with Crippen molar-refractivity contribution in [2.45, 2.75) is 30.9 Å². The third-order valence-corrected chi connectivity index (χ3v) is 5.05. The lowest BCUT2D eigenvalue weighted by Gasteiger charge is -2.15. The molecule has 0 aromatic heterocycles. The van der Waals surface area contributed by atoms with Crippen LogP contribution in [0.15, 0.2) is 53.5 Å². The Morgan fingerprint density at radius 3 is 2.59 bits per heavy atom. The fourth-order valence-electron chi connectivity index (χ4n) is 1.98. The van der Waals surface area contributed by atoms with E-state index in [0.29, 0.717) is 11.3 Å². The van der Waals surface area contributed by atoms with Crippen molar-refractivity contribution >= 4 is 15.9 Å². The van der Waals surface area contributed by atoms with Crippen LogP contribution < -0.4 is 5.32 Å². The summed E-state index contributed by atoms with van der Waals surface area (Å²) in [5, 5.41) is 2.65. The first-order valence-corrected chi connectivity index (χ1v) is 8.76. The zero-order chi connectivity index (χ0) is 16.0. The highest BCUT2D eigenvalue weighted by molar-refractivity contribution is 7.91. The fraction of sp³-hybridized carbons (Fsp3) is 0.312. The predicted octanol–water partition coefficient (Wildman–Crippen LogP) is 2.59. The molecule has 1 unspecified atom stereocenters. The summed E-state index contributed by atoms with van der Waals surface area (Å²) >= 11 is 0. The van der Waals surface area contributed by atoms with E-state index in [0.717, 1.165) is 5.56 Å². The molecule has 118 valence electrons. The highest BCUT2D eigenvalue weighted by atomic mass is 32.2. The average molecular weight is 321 g/mol. The topological polar surface area (TPSA) is 72.5 Å². The lowest BCUT2D eigenvalue weighted by Crippen LogP contribution is -2.28. The van der Waals surface area contributed by atoms with E-state index >= 15 is 0 Å². The smallest absolute Gasteiger partial charge is 0.408 e. The Labute approximate surface area is 130 Å². The Hall–Kier alpha value is -2.08. The Morgan fingerprint density at radius 2 is 2.00 bits per heavy atom. The van der Waals surface area contributed by atoms with Gasteiger partial charge >= 0.3 is 6.09 Å². The Kier molecular flexibility index (Phi) is 5.38. The van der Waals surface area contributed by atoms with Gasteiger partial charge in [0.2, 0.25) is 0 Å². The zero-order valence-electron chi connectivity index (χ0n) is 12.4. The van der Waals surface area contributed by atoms with Crippen LogP contribution in [0.1, 0.15) is 18.9 Å². The third-order valence-electron chi connectivity index (χ3n) is 3.30. The molecule has 0 aliphatic heterocycles. The van der Waals surface area contributed by atoms with E-state index in [1.54, 1.807) is 31.2 Å². The summed E-state index contributed by atoms with van der Waals surface area (Å²) in [6.45, 7) is 1.90. The first-order chi connectivity index (χ1) is 10.5. The van der Waals surface area contributed by atoms with Crippen LogP contribution >= 0.6 is 0 Å². The first kappa shape index (κ1) is 16.3. The molecule has 0 spiro atoms. The quantitative estimate of drug-likeness (QED) is 0.905. The maximum atomic E-state index is 11.7. The average Bonchev–Trinajstić information content (AvgIpc) is 2.54. The molecule has 0 heterocycles. The molecule has 1 aromatic carbocycles. The lowest BCUT2D eigenvalue weighted by atomic mass is 10.1. The maximum Gasteiger partial charge on any atom is 0.408 e. The number of carbonyl (C=O) groups is 1. The van der Waals surface area contributed by atoms with E-state index in [-0.39, 0.29) is 18.4 Å². The second-order valence-electron chi connectivity index (χ2n) is 4.89. The Bertz CT molecular complexity index is 675. The van der Waals surface area contributed by atoms with E-state index in [4.69, 9.17) is 4.74 Å². The number of rotatable bonds is 5. The van der Waals surface area contributed by atoms with Crippen LogP contribution in [0.4, 0.5) is 4.79 Å². The van der Waals surface area contributed by atoms with Gasteiger partial charge in [0.1, 0.15) is 6.10 Å². The summed E-state index contributed by atoms with van der Waals surface area (Å²) in [6.07, 6.45) is 7.46. The molecular weight excluding hydrogens is 302 g/mol. The van der Waals surface area contributed by atoms with E-state index in [1.165, 1.54) is 0 Å². The van der Waals surface area contributed by atoms with Crippen molar-refractivity contribution in [3.05, 3.63) is 54.1 Å². The van der Waals surface area contributed by atoms with Crippen LogP contribution in [-0.2, 0) is 21.1 Å². The summed E-state index contributed by atoms with van der Waals surface area (Å²) in [5.74, 6) is 0.0697. The summed E-state index contributed by atoms with van der Waals surface area (Å²) in [7, 11) is -3.19. The van der Waals surface area contributed by atoms with Gasteiger partial charge in [-0.05, 0) is 23.8 Å². The van der Waals surface area contributed by atoms with Gasteiger partial charge < -0.3 is 10.1 Å². The zero-order valence-corrected chi connectivity index (χ0v) is 13.2. The van der Waals surface area contributed by atoms with Crippen molar-refractivity contribution in [1.29, 1.82) is 0 Å². The highest BCUT2D eigenvalue weighted by Gasteiger charge is 2.12. The van der Waals surface area contributed by atoms with Crippen molar-refractivity contribution in [3.63, 3.8) is 0 Å². The lowest BCUT2D eigenvalue weighted by molar-refractivity contribution is 0.119. The number of benzene rings is 1. The summed E-state index contributed by atoms with van der Waals surface area (Å²) in [4.78, 5) is 12.0. The number of carbonyl (C=O) groups excluding carboxylic acids is 1. The molecule has 0 radical (unpaired) electrons. The minimum atomic E-state index is -3.19. The Balaban J connectivity index is 1.85. The summed E-state index contributed by atoms with van der Waals surface area (Å²) in [6, 6.07) is 6.48. The van der Waals surface area contributed by atoms with Crippen LogP contribution in [0, 0.1) is 0 Å². The number of ether oxygens (including phenoxy) is 1. The third kappa shape index (κ3) is 4.46. The van der Waals surface area contributed by atoms with Gasteiger partial charge in [0.05, 0.1) is 10.6 Å². The molecule has 1 N–H and O–H groups in total. The molecule has 0 saturated carbocycles. The van der Waals surface area contributed by atoms with Gasteiger partial charge in [-0.2, -0.15) is 0 Å². The van der Waals surface area contributed by atoms with E-state index in [9.17, 15) is 13.2 Å². The van der Waals surface area contributed by atoms with Gasteiger partial charge in [0.25, 0.3) is 0 Å². The van der Waals surface area contributed by atoms with E-state index in [1.807, 2.05) is 24.3 Å². The van der Waals surface area contributed by atoms with Gasteiger partial charge in [-0.25, -0.2) is 13.2 Å². The molecule has 1 amide bonds. The molecule has 22 heavy (non-hydrogen) atoms. The highest BCUT2D eigenvalue weighted by Crippen LogP contribution is 2.12. The van der Waals surface area contributed by atoms with Crippen LogP contribution in [0.25, 0.3) is 0 Å². The standard InChI is InChI=1S/C16H19NO4S/c1-2-22(19,20)15-10-8-13(9-11-15)12-17-16(18)21-14-6-4-3-5-7-14/h3-6,8-11,14H,2,7,12H2,1H3,(H,17,18). The van der Waals surface area contributed by atoms with Gasteiger partial charge in [-0.15, -0.1) is 0 Å². The van der Waals surface area contributed by atoms with E-state index < -0.39 is 15.9 Å². The first-order valence-electron chi connectivity index (χ1n) is 7.11. The number of hydrogen-bond donors (Lipinski definition) is 1. The molecule has 6 heteroatoms. The molecule has 0 fully saturated rings. The van der Waals surface area contributed by atoms with Crippen LogP contribution in [0.5, 0.6) is 0 Å². The van der Waals surface area contributed by atoms with E-state index in [2.05, 4.69) is 5.32 Å². The molecule has 1 aromatic rings. The molecule has 1 atom stereocenters. The molecule has 0 bridgehead atoms. The number of nitrogens with one attached hydrogen (secondary N) is 1. The Morgan fingerprint density at radius 1 is 1.27 bits per heavy atom. The van der Waals surface area contributed by atoms with Crippen LogP contribution in [0.2, 0.25) is 0 Å². The second kappa shape index (κ2) is 7.26. The summed E-state index contributed by atoms with van der Waals surface area (Å²) < 4.78 is 28.6. The van der Waals surface area contributed by atoms with Gasteiger partial charge in [-0.1, -0.05) is 37.3 Å². The van der Waals surface area contributed by atoms with Crippen LogP contribution in [0.3, 0.4) is 0 Å². The SMILES string of the molecule is CCS(=O)(=O)c1ccc(CNC(=O)OC2C=CC=CC2)cc1. The molecule has 2 rings (SSSR count). The number of allylic oxidation sites excluding steroid dienone is 2. The van der Waals surface area contributed by atoms with Crippen molar-refractivity contribution in [1.82, 2.24) is 5.32 Å². The number of alkyl carbamates (subject to hydrolysis) is 1. The second-order valence-corrected chi connectivity index (χ2v) is 7.17. The minimum Gasteiger partial charge on any atom is -0.442 e. The minimum absolute atomic E-state index is 0.0697. The molecule has 1 aliphatic rings. The van der Waals surface area contributed by atoms with Crippen molar-refractivity contribution in [3.8, 4) is 0 Å². The van der Waals surface area contributed by atoms with Crippen molar-refractivity contribution in [2.24, 2.45) is 0 Å². The maximum absolute atomic E-state index is 11.7. The largest absolute Gasteiger partial charge is 0.442 e. The number of hydrogen-bond acceptors (Lipinski definition) is 4. The normalized spacial score (nSPS) is 17.2. The molecule has 1 aliphatic carbocycles. The number of sulfone groups is 1. The van der Waals surface area contributed by atoms with Crippen molar-refractivity contribution in [2.75, 3.05) is 5.75 Å².